The molecule has 0 saturated heterocycles. The van der Waals surface area contributed by atoms with Crippen LogP contribution in [0.1, 0.15) is 12.7 Å². The Labute approximate surface area is 174 Å². The van der Waals surface area contributed by atoms with Crippen molar-refractivity contribution in [2.75, 3.05) is 16.0 Å². The Bertz CT molecular complexity index is 1110. The number of nitrogens with one attached hydrogen (secondary N) is 3. The van der Waals surface area contributed by atoms with Gasteiger partial charge in [0.1, 0.15) is 17.4 Å². The molecule has 4 aromatic rings. The highest BCUT2D eigenvalue weighted by molar-refractivity contribution is 5.88. The number of nitrogens with zero attached hydrogens (tertiary/aromatic N) is 2. The molecule has 1 amide bonds. The van der Waals surface area contributed by atoms with E-state index in [9.17, 15) is 4.79 Å². The van der Waals surface area contributed by atoms with Gasteiger partial charge in [-0.05, 0) is 36.4 Å². The van der Waals surface area contributed by atoms with E-state index in [1.54, 1.807) is 6.26 Å². The number of benzene rings is 2. The molecule has 2 heterocycles. The largest absolute Gasteiger partial charge is 0.467 e. The molecule has 3 N–H and O–H groups in total. The number of anilines is 4. The fraction of sp³-hybridized carbons (Fsp3) is 0.0870. The van der Waals surface area contributed by atoms with E-state index in [4.69, 9.17) is 4.42 Å². The molecule has 7 heteroatoms. The molecule has 0 bridgehead atoms. The van der Waals surface area contributed by atoms with Crippen LogP contribution in [0.5, 0.6) is 0 Å². The Morgan fingerprint density at radius 3 is 2.33 bits per heavy atom. The maximum absolute atomic E-state index is 11.2. The molecular weight excluding hydrogens is 378 g/mol. The Kier molecular flexibility index (Phi) is 5.70. The topological polar surface area (TPSA) is 92.1 Å². The minimum absolute atomic E-state index is 0.105. The number of furan rings is 1. The van der Waals surface area contributed by atoms with Crippen molar-refractivity contribution in [2.45, 2.75) is 13.5 Å². The van der Waals surface area contributed by atoms with Crippen molar-refractivity contribution in [3.8, 4) is 11.4 Å². The lowest BCUT2D eigenvalue weighted by atomic mass is 10.2. The maximum atomic E-state index is 11.2. The Morgan fingerprint density at radius 1 is 0.900 bits per heavy atom. The number of rotatable bonds is 7. The van der Waals surface area contributed by atoms with Gasteiger partial charge < -0.3 is 20.4 Å². The molecule has 2 aromatic heterocycles. The van der Waals surface area contributed by atoms with Crippen LogP contribution in [-0.4, -0.2) is 15.9 Å². The average molecular weight is 399 g/mol. The summed E-state index contributed by atoms with van der Waals surface area (Å²) in [5, 5.41) is 9.34. The molecule has 0 unspecified atom stereocenters. The van der Waals surface area contributed by atoms with Gasteiger partial charge in [0, 0.05) is 29.9 Å². The van der Waals surface area contributed by atoms with Gasteiger partial charge >= 0.3 is 0 Å². The molecule has 0 fully saturated rings. The van der Waals surface area contributed by atoms with E-state index >= 15 is 0 Å². The molecule has 0 aliphatic heterocycles. The van der Waals surface area contributed by atoms with Gasteiger partial charge in [-0.2, -0.15) is 0 Å². The molecule has 0 spiro atoms. The Morgan fingerprint density at radius 2 is 1.63 bits per heavy atom. The van der Waals surface area contributed by atoms with Gasteiger partial charge in [0.25, 0.3) is 0 Å². The Balaban J connectivity index is 1.59. The van der Waals surface area contributed by atoms with Crippen LogP contribution in [0.15, 0.2) is 83.5 Å². The van der Waals surface area contributed by atoms with Gasteiger partial charge in [-0.25, -0.2) is 9.97 Å². The highest BCUT2D eigenvalue weighted by atomic mass is 16.3. The summed E-state index contributed by atoms with van der Waals surface area (Å²) in [6.07, 6.45) is 1.64. The van der Waals surface area contributed by atoms with Crippen molar-refractivity contribution in [3.05, 3.63) is 84.8 Å². The average Bonchev–Trinajstić information content (AvgIpc) is 3.28. The van der Waals surface area contributed by atoms with Gasteiger partial charge in [0.05, 0.1) is 12.8 Å². The van der Waals surface area contributed by atoms with Gasteiger partial charge in [-0.1, -0.05) is 30.3 Å². The molecule has 0 saturated carbocycles. The monoisotopic (exact) mass is 399 g/mol. The second-order valence-electron chi connectivity index (χ2n) is 6.64. The highest BCUT2D eigenvalue weighted by Crippen LogP contribution is 2.24. The third-order valence-electron chi connectivity index (χ3n) is 4.26. The summed E-state index contributed by atoms with van der Waals surface area (Å²) in [5.74, 6) is 2.65. The normalized spacial score (nSPS) is 10.4. The molecule has 150 valence electrons. The molecular formula is C23H21N5O2. The van der Waals surface area contributed by atoms with Crippen molar-refractivity contribution >= 4 is 28.9 Å². The number of hydrogen-bond donors (Lipinski definition) is 3. The third kappa shape index (κ3) is 5.02. The van der Waals surface area contributed by atoms with Crippen molar-refractivity contribution in [2.24, 2.45) is 0 Å². The Hall–Kier alpha value is -4.13. The number of carbonyl (C=O) groups excluding carboxylic acids is 1. The van der Waals surface area contributed by atoms with E-state index in [2.05, 4.69) is 25.9 Å². The van der Waals surface area contributed by atoms with Crippen LogP contribution in [0, 0.1) is 0 Å². The van der Waals surface area contributed by atoms with Crippen LogP contribution >= 0.6 is 0 Å². The lowest BCUT2D eigenvalue weighted by Crippen LogP contribution is -2.06. The summed E-state index contributed by atoms with van der Waals surface area (Å²) in [5.41, 5.74) is 2.50. The molecule has 2 aromatic carbocycles. The number of aromatic nitrogens is 2. The predicted octanol–water partition coefficient (Wildman–Crippen LogP) is 5.05. The second-order valence-corrected chi connectivity index (χ2v) is 6.64. The summed E-state index contributed by atoms with van der Waals surface area (Å²) in [7, 11) is 0. The van der Waals surface area contributed by atoms with Crippen LogP contribution < -0.4 is 16.0 Å². The predicted molar refractivity (Wildman–Crippen MR) is 118 cm³/mol. The zero-order valence-electron chi connectivity index (χ0n) is 16.4. The number of hydrogen-bond acceptors (Lipinski definition) is 6. The summed E-state index contributed by atoms with van der Waals surface area (Å²) in [6, 6.07) is 22.8. The quantitative estimate of drug-likeness (QED) is 0.403. The molecule has 0 radical (unpaired) electrons. The minimum atomic E-state index is -0.105. The van der Waals surface area contributed by atoms with Gasteiger partial charge in [0.15, 0.2) is 5.82 Å². The SMILES string of the molecule is CC(=O)Nc1ccc(Nc2cc(NCc3ccco3)nc(-c3ccccc3)n2)cc1. The summed E-state index contributed by atoms with van der Waals surface area (Å²) >= 11 is 0. The number of carbonyl (C=O) groups is 1. The first-order valence-corrected chi connectivity index (χ1v) is 9.51. The lowest BCUT2D eigenvalue weighted by Gasteiger charge is -2.12. The van der Waals surface area contributed by atoms with Crippen molar-refractivity contribution in [3.63, 3.8) is 0 Å². The second kappa shape index (κ2) is 8.91. The molecule has 30 heavy (non-hydrogen) atoms. The van der Waals surface area contributed by atoms with Crippen molar-refractivity contribution < 1.29 is 9.21 Å². The zero-order chi connectivity index (χ0) is 20.8. The van der Waals surface area contributed by atoms with Gasteiger partial charge in [0.2, 0.25) is 5.91 Å². The van der Waals surface area contributed by atoms with Crippen LogP contribution in [0.4, 0.5) is 23.0 Å². The van der Waals surface area contributed by atoms with Crippen LogP contribution in [0.3, 0.4) is 0 Å². The van der Waals surface area contributed by atoms with E-state index in [0.717, 1.165) is 22.7 Å². The molecule has 7 nitrogen and oxygen atoms in total. The highest BCUT2D eigenvalue weighted by Gasteiger charge is 2.08. The van der Waals surface area contributed by atoms with E-state index in [0.29, 0.717) is 24.0 Å². The molecule has 0 aliphatic rings. The van der Waals surface area contributed by atoms with Crippen molar-refractivity contribution in [1.82, 2.24) is 9.97 Å². The van der Waals surface area contributed by atoms with E-state index in [-0.39, 0.29) is 5.91 Å². The molecule has 0 atom stereocenters. The first kappa shape index (κ1) is 19.2. The van der Waals surface area contributed by atoms with Crippen LogP contribution in [-0.2, 0) is 11.3 Å². The van der Waals surface area contributed by atoms with E-state index < -0.39 is 0 Å². The molecule has 0 aliphatic carbocycles. The van der Waals surface area contributed by atoms with Crippen molar-refractivity contribution in [1.29, 1.82) is 0 Å². The number of amides is 1. The first-order chi connectivity index (χ1) is 14.7. The van der Waals surface area contributed by atoms with Gasteiger partial charge in [-0.3, -0.25) is 4.79 Å². The smallest absolute Gasteiger partial charge is 0.221 e. The van der Waals surface area contributed by atoms with E-state index in [1.807, 2.05) is 72.8 Å². The van der Waals surface area contributed by atoms with Gasteiger partial charge in [-0.15, -0.1) is 0 Å². The zero-order valence-corrected chi connectivity index (χ0v) is 16.4. The fourth-order valence-corrected chi connectivity index (χ4v) is 2.90. The van der Waals surface area contributed by atoms with E-state index in [1.165, 1.54) is 6.92 Å². The summed E-state index contributed by atoms with van der Waals surface area (Å²) in [6.45, 7) is 2.00. The molecule has 4 rings (SSSR count). The summed E-state index contributed by atoms with van der Waals surface area (Å²) < 4.78 is 5.38. The third-order valence-corrected chi connectivity index (χ3v) is 4.26. The lowest BCUT2D eigenvalue weighted by molar-refractivity contribution is -0.114. The fourth-order valence-electron chi connectivity index (χ4n) is 2.90. The van der Waals surface area contributed by atoms with Crippen LogP contribution in [0.25, 0.3) is 11.4 Å². The van der Waals surface area contributed by atoms with Crippen LogP contribution in [0.2, 0.25) is 0 Å². The maximum Gasteiger partial charge on any atom is 0.221 e. The minimum Gasteiger partial charge on any atom is -0.467 e. The standard InChI is InChI=1S/C23H21N5O2/c1-16(29)25-18-9-11-19(12-10-18)26-22-14-21(24-15-20-8-5-13-30-20)27-23(28-22)17-6-3-2-4-7-17/h2-14H,15H2,1H3,(H,25,29)(H2,24,26,27,28). The first-order valence-electron chi connectivity index (χ1n) is 9.51. The summed E-state index contributed by atoms with van der Waals surface area (Å²) in [4.78, 5) is 20.5.